The number of nitrogens with one attached hydrogen (secondary N) is 2. The molecule has 0 bridgehead atoms. The Kier molecular flexibility index (Phi) is 6.11. The Hall–Kier alpha value is -3.54. The highest BCUT2D eigenvalue weighted by Crippen LogP contribution is 2.13. The van der Waals surface area contributed by atoms with E-state index >= 15 is 0 Å². The van der Waals surface area contributed by atoms with Gasteiger partial charge in [-0.2, -0.15) is 0 Å². The quantitative estimate of drug-likeness (QED) is 0.663. The number of rotatable bonds is 7. The van der Waals surface area contributed by atoms with Gasteiger partial charge in [-0.25, -0.2) is 0 Å². The van der Waals surface area contributed by atoms with Gasteiger partial charge in [0.15, 0.2) is 0 Å². The van der Waals surface area contributed by atoms with Crippen LogP contribution in [0.25, 0.3) is 0 Å². The van der Waals surface area contributed by atoms with Crippen LogP contribution < -0.4 is 15.5 Å². The minimum absolute atomic E-state index is 0.156. The van der Waals surface area contributed by atoms with Crippen molar-refractivity contribution in [2.75, 3.05) is 19.0 Å². The topological polar surface area (TPSA) is 74.6 Å². The molecule has 3 rings (SSSR count). The van der Waals surface area contributed by atoms with Crippen LogP contribution in [0, 0.1) is 0 Å². The van der Waals surface area contributed by atoms with E-state index in [1.165, 1.54) is 0 Å². The largest absolute Gasteiger partial charge is 0.467 e. The van der Waals surface area contributed by atoms with Gasteiger partial charge in [-0.3, -0.25) is 9.59 Å². The molecule has 0 aliphatic carbocycles. The van der Waals surface area contributed by atoms with Gasteiger partial charge in [0, 0.05) is 37.5 Å². The van der Waals surface area contributed by atoms with Crippen LogP contribution in [0.3, 0.4) is 0 Å². The Morgan fingerprint density at radius 1 is 0.857 bits per heavy atom. The van der Waals surface area contributed by atoms with Crippen LogP contribution >= 0.6 is 0 Å². The summed E-state index contributed by atoms with van der Waals surface area (Å²) in [6.45, 7) is 0.666. The first-order valence-electron chi connectivity index (χ1n) is 8.98. The third kappa shape index (κ3) is 5.01. The van der Waals surface area contributed by atoms with Crippen molar-refractivity contribution < 1.29 is 14.0 Å². The Bertz CT molecular complexity index is 949. The molecule has 2 aromatic carbocycles. The van der Waals surface area contributed by atoms with Crippen molar-refractivity contribution in [1.29, 1.82) is 0 Å². The maximum atomic E-state index is 12.4. The van der Waals surface area contributed by atoms with E-state index in [-0.39, 0.29) is 11.8 Å². The van der Waals surface area contributed by atoms with Gasteiger partial charge < -0.3 is 20.0 Å². The SMILES string of the molecule is CN(C)c1cccc(C(=O)NCc2cccc(C(=O)NCc3ccco3)c2)c1. The normalized spacial score (nSPS) is 10.4. The van der Waals surface area contributed by atoms with Gasteiger partial charge in [-0.15, -0.1) is 0 Å². The van der Waals surface area contributed by atoms with E-state index in [4.69, 9.17) is 4.42 Å². The van der Waals surface area contributed by atoms with Crippen LogP contribution in [-0.4, -0.2) is 25.9 Å². The molecule has 0 spiro atoms. The van der Waals surface area contributed by atoms with Crippen LogP contribution in [-0.2, 0) is 13.1 Å². The zero-order valence-electron chi connectivity index (χ0n) is 15.9. The minimum Gasteiger partial charge on any atom is -0.467 e. The molecule has 0 radical (unpaired) electrons. The molecule has 1 aromatic heterocycles. The van der Waals surface area contributed by atoms with Crippen LogP contribution in [0.15, 0.2) is 71.3 Å². The Morgan fingerprint density at radius 3 is 2.21 bits per heavy atom. The van der Waals surface area contributed by atoms with Gasteiger partial charge in [0.1, 0.15) is 5.76 Å². The molecule has 144 valence electrons. The zero-order valence-corrected chi connectivity index (χ0v) is 15.9. The molecule has 0 unspecified atom stereocenters. The number of carbonyl (C=O) groups excluding carboxylic acids is 2. The molecule has 0 aliphatic rings. The number of carbonyl (C=O) groups is 2. The lowest BCUT2D eigenvalue weighted by Crippen LogP contribution is -2.24. The molecule has 2 N–H and O–H groups in total. The predicted octanol–water partition coefficient (Wildman–Crippen LogP) is 3.21. The van der Waals surface area contributed by atoms with Gasteiger partial charge in [-0.05, 0) is 48.0 Å². The molecule has 0 saturated heterocycles. The summed E-state index contributed by atoms with van der Waals surface area (Å²) in [7, 11) is 3.86. The van der Waals surface area contributed by atoms with Crippen molar-refractivity contribution in [2.24, 2.45) is 0 Å². The first-order chi connectivity index (χ1) is 13.5. The molecule has 0 atom stereocenters. The van der Waals surface area contributed by atoms with E-state index in [0.717, 1.165) is 11.3 Å². The fraction of sp³-hybridized carbons (Fsp3) is 0.182. The summed E-state index contributed by atoms with van der Waals surface area (Å²) in [5, 5.41) is 5.71. The first kappa shape index (κ1) is 19.2. The van der Waals surface area contributed by atoms with Crippen LogP contribution in [0.2, 0.25) is 0 Å². The minimum atomic E-state index is -0.191. The molecule has 1 heterocycles. The average Bonchev–Trinajstić information content (AvgIpc) is 3.24. The molecule has 2 amide bonds. The number of anilines is 1. The van der Waals surface area contributed by atoms with E-state index < -0.39 is 0 Å². The fourth-order valence-electron chi connectivity index (χ4n) is 2.71. The van der Waals surface area contributed by atoms with Crippen molar-refractivity contribution in [3.8, 4) is 0 Å². The second kappa shape index (κ2) is 8.90. The van der Waals surface area contributed by atoms with Gasteiger partial charge in [-0.1, -0.05) is 18.2 Å². The molecule has 0 fully saturated rings. The summed E-state index contributed by atoms with van der Waals surface area (Å²) in [4.78, 5) is 26.7. The van der Waals surface area contributed by atoms with E-state index in [1.807, 2.05) is 43.3 Å². The van der Waals surface area contributed by atoms with E-state index in [9.17, 15) is 9.59 Å². The van der Waals surface area contributed by atoms with Crippen LogP contribution in [0.1, 0.15) is 32.0 Å². The van der Waals surface area contributed by atoms with Crippen LogP contribution in [0.4, 0.5) is 5.69 Å². The fourth-order valence-corrected chi connectivity index (χ4v) is 2.71. The predicted molar refractivity (Wildman–Crippen MR) is 108 cm³/mol. The summed E-state index contributed by atoms with van der Waals surface area (Å²) in [6, 6.07) is 18.2. The molecule has 0 saturated carbocycles. The monoisotopic (exact) mass is 377 g/mol. The first-order valence-corrected chi connectivity index (χ1v) is 8.98. The zero-order chi connectivity index (χ0) is 19.9. The molecule has 6 nitrogen and oxygen atoms in total. The summed E-state index contributed by atoms with van der Waals surface area (Å²) >= 11 is 0. The van der Waals surface area contributed by atoms with Gasteiger partial charge in [0.05, 0.1) is 12.8 Å². The lowest BCUT2D eigenvalue weighted by atomic mass is 10.1. The molecular formula is C22H23N3O3. The maximum absolute atomic E-state index is 12.4. The summed E-state index contributed by atoms with van der Waals surface area (Å²) < 4.78 is 5.21. The third-order valence-corrected chi connectivity index (χ3v) is 4.27. The number of benzene rings is 2. The van der Waals surface area contributed by atoms with Crippen molar-refractivity contribution in [3.63, 3.8) is 0 Å². The van der Waals surface area contributed by atoms with Crippen molar-refractivity contribution >= 4 is 17.5 Å². The summed E-state index contributed by atoms with van der Waals surface area (Å²) in [6.07, 6.45) is 1.57. The number of amides is 2. The van der Waals surface area contributed by atoms with E-state index in [2.05, 4.69) is 10.6 Å². The molecule has 6 heteroatoms. The van der Waals surface area contributed by atoms with Crippen molar-refractivity contribution in [1.82, 2.24) is 10.6 Å². The molecule has 28 heavy (non-hydrogen) atoms. The van der Waals surface area contributed by atoms with Crippen molar-refractivity contribution in [3.05, 3.63) is 89.4 Å². The third-order valence-electron chi connectivity index (χ3n) is 4.27. The van der Waals surface area contributed by atoms with Gasteiger partial charge in [0.2, 0.25) is 0 Å². The average molecular weight is 377 g/mol. The number of nitrogens with zero attached hydrogens (tertiary/aromatic N) is 1. The highest BCUT2D eigenvalue weighted by atomic mass is 16.3. The lowest BCUT2D eigenvalue weighted by molar-refractivity contribution is 0.0943. The summed E-state index contributed by atoms with van der Waals surface area (Å²) in [5.74, 6) is 0.344. The maximum Gasteiger partial charge on any atom is 0.251 e. The smallest absolute Gasteiger partial charge is 0.251 e. The lowest BCUT2D eigenvalue weighted by Gasteiger charge is -2.13. The van der Waals surface area contributed by atoms with Crippen LogP contribution in [0.5, 0.6) is 0 Å². The highest BCUT2D eigenvalue weighted by Gasteiger charge is 2.09. The second-order valence-electron chi connectivity index (χ2n) is 6.59. The van der Waals surface area contributed by atoms with Crippen molar-refractivity contribution in [2.45, 2.75) is 13.1 Å². The second-order valence-corrected chi connectivity index (χ2v) is 6.59. The summed E-state index contributed by atoms with van der Waals surface area (Å²) in [5.41, 5.74) is 2.94. The number of hydrogen-bond donors (Lipinski definition) is 2. The Morgan fingerprint density at radius 2 is 1.54 bits per heavy atom. The molecule has 3 aromatic rings. The number of furan rings is 1. The van der Waals surface area contributed by atoms with E-state index in [1.54, 1.807) is 42.7 Å². The standard InChI is InChI=1S/C22H23N3O3/c1-25(2)19-9-4-8-18(13-19)22(27)23-14-16-6-3-7-17(12-16)21(26)24-15-20-10-5-11-28-20/h3-13H,14-15H2,1-2H3,(H,23,27)(H,24,26). The van der Waals surface area contributed by atoms with Gasteiger partial charge >= 0.3 is 0 Å². The Balaban J connectivity index is 1.59. The highest BCUT2D eigenvalue weighted by molar-refractivity contribution is 5.95. The van der Waals surface area contributed by atoms with E-state index in [0.29, 0.717) is 30.0 Å². The molecular weight excluding hydrogens is 354 g/mol. The van der Waals surface area contributed by atoms with Gasteiger partial charge in [0.25, 0.3) is 11.8 Å². The molecule has 0 aliphatic heterocycles. The Labute approximate surface area is 164 Å². The number of hydrogen-bond acceptors (Lipinski definition) is 4.